The van der Waals surface area contributed by atoms with Crippen LogP contribution in [-0.4, -0.2) is 19.0 Å². The maximum atomic E-state index is 13.2. The van der Waals surface area contributed by atoms with Crippen LogP contribution in [0.1, 0.15) is 5.56 Å². The van der Waals surface area contributed by atoms with E-state index in [1.807, 2.05) is 0 Å². The number of methoxy groups -OCH3 is 1. The van der Waals surface area contributed by atoms with Crippen molar-refractivity contribution in [3.05, 3.63) is 35.3 Å². The average Bonchev–Trinajstić information content (AvgIpc) is 2.36. The molecule has 0 saturated carbocycles. The predicted octanol–water partition coefficient (Wildman–Crippen LogP) is 1.11. The zero-order valence-electron chi connectivity index (χ0n) is 9.41. The molecule has 5 nitrogen and oxygen atoms in total. The van der Waals surface area contributed by atoms with Crippen LogP contribution in [0, 0.1) is 5.82 Å². The molecule has 6 heteroatoms. The Balaban J connectivity index is 2.61. The third-order valence-corrected chi connectivity index (χ3v) is 2.49. The van der Waals surface area contributed by atoms with Crippen LogP contribution in [0.15, 0.2) is 23.9 Å². The van der Waals surface area contributed by atoms with E-state index in [1.165, 1.54) is 13.2 Å². The molecule has 0 aliphatic carbocycles. The van der Waals surface area contributed by atoms with Crippen LogP contribution >= 0.6 is 0 Å². The molecule has 0 amide bonds. The lowest BCUT2D eigenvalue weighted by molar-refractivity contribution is -0.135. The van der Waals surface area contributed by atoms with E-state index >= 15 is 0 Å². The minimum absolute atomic E-state index is 0.0374. The number of esters is 1. The van der Waals surface area contributed by atoms with Gasteiger partial charge in [-0.25, -0.2) is 14.0 Å². The molecular weight excluding hydrogens is 239 g/mol. The molecule has 1 aromatic rings. The first-order valence-electron chi connectivity index (χ1n) is 4.98. The summed E-state index contributed by atoms with van der Waals surface area (Å²) < 4.78 is 17.8. The van der Waals surface area contributed by atoms with Gasteiger partial charge in [0.1, 0.15) is 17.5 Å². The van der Waals surface area contributed by atoms with Crippen LogP contribution in [0.5, 0.6) is 0 Å². The number of carbonyl (C=O) groups excluding carboxylic acids is 2. The molecule has 2 rings (SSSR count). The third kappa shape index (κ3) is 1.85. The van der Waals surface area contributed by atoms with Gasteiger partial charge in [-0.1, -0.05) is 0 Å². The molecule has 0 spiro atoms. The first-order valence-corrected chi connectivity index (χ1v) is 4.98. The van der Waals surface area contributed by atoms with Gasteiger partial charge in [-0.05, 0) is 18.2 Å². The molecule has 92 valence electrons. The average molecular weight is 248 g/mol. The lowest BCUT2D eigenvalue weighted by atomic mass is 9.99. The molecule has 0 unspecified atom stereocenters. The van der Waals surface area contributed by atoms with Crippen molar-refractivity contribution in [3.63, 3.8) is 0 Å². The lowest BCUT2D eigenvalue weighted by Gasteiger charge is -2.20. The van der Waals surface area contributed by atoms with Crippen LogP contribution < -0.4 is 11.1 Å². The van der Waals surface area contributed by atoms with E-state index in [2.05, 4.69) is 10.1 Å². The van der Waals surface area contributed by atoms with Crippen molar-refractivity contribution >= 4 is 28.9 Å². The van der Waals surface area contributed by atoms with Crippen LogP contribution in [-0.2, 0) is 14.3 Å². The molecule has 18 heavy (non-hydrogen) atoms. The molecule has 1 aliphatic rings. The molecule has 0 bridgehead atoms. The Morgan fingerprint density at radius 3 is 2.83 bits per heavy atom. The second-order valence-electron chi connectivity index (χ2n) is 3.61. The maximum absolute atomic E-state index is 13.2. The second-order valence-corrected chi connectivity index (χ2v) is 3.61. The van der Waals surface area contributed by atoms with E-state index in [-0.39, 0.29) is 28.2 Å². The van der Waals surface area contributed by atoms with Crippen molar-refractivity contribution < 1.29 is 18.7 Å². The third-order valence-electron chi connectivity index (χ3n) is 2.49. The SMILES string of the molecule is COC(=O)C1=CC(=C=O)c2cc(F)cc(N)c2N1. The van der Waals surface area contributed by atoms with Crippen LogP contribution in [0.4, 0.5) is 15.8 Å². The number of halogens is 1. The van der Waals surface area contributed by atoms with Gasteiger partial charge in [0, 0.05) is 5.56 Å². The molecule has 1 aromatic carbocycles. The molecule has 0 aromatic heterocycles. The summed E-state index contributed by atoms with van der Waals surface area (Å²) in [5.74, 6) is 0.415. The van der Waals surface area contributed by atoms with E-state index in [1.54, 1.807) is 5.94 Å². The maximum Gasteiger partial charge on any atom is 0.354 e. The van der Waals surface area contributed by atoms with E-state index in [9.17, 15) is 14.0 Å². The number of nitrogens with two attached hydrogens (primary N) is 1. The quantitative estimate of drug-likeness (QED) is 0.442. The van der Waals surface area contributed by atoms with Gasteiger partial charge in [0.2, 0.25) is 0 Å². The van der Waals surface area contributed by atoms with Gasteiger partial charge in [-0.3, -0.25) is 0 Å². The topological polar surface area (TPSA) is 81.4 Å². The Bertz CT molecular complexity index is 616. The van der Waals surface area contributed by atoms with E-state index in [4.69, 9.17) is 5.73 Å². The van der Waals surface area contributed by atoms with Crippen LogP contribution in [0.2, 0.25) is 0 Å². The van der Waals surface area contributed by atoms with E-state index in [0.29, 0.717) is 0 Å². The van der Waals surface area contributed by atoms with Crippen molar-refractivity contribution in [1.29, 1.82) is 0 Å². The number of rotatable bonds is 1. The van der Waals surface area contributed by atoms with Crippen molar-refractivity contribution in [2.75, 3.05) is 18.2 Å². The number of hydrogen-bond donors (Lipinski definition) is 2. The number of carbonyl (C=O) groups is 1. The van der Waals surface area contributed by atoms with Crippen molar-refractivity contribution in [3.8, 4) is 0 Å². The van der Waals surface area contributed by atoms with Gasteiger partial charge in [0.25, 0.3) is 0 Å². The fourth-order valence-electron chi connectivity index (χ4n) is 1.68. The van der Waals surface area contributed by atoms with Gasteiger partial charge < -0.3 is 15.8 Å². The van der Waals surface area contributed by atoms with E-state index < -0.39 is 11.8 Å². The second kappa shape index (κ2) is 4.35. The summed E-state index contributed by atoms with van der Waals surface area (Å²) in [5, 5.41) is 2.70. The van der Waals surface area contributed by atoms with E-state index in [0.717, 1.165) is 12.1 Å². The molecule has 0 radical (unpaired) electrons. The molecule has 0 fully saturated rings. The normalized spacial score (nSPS) is 13.0. The standard InChI is InChI=1S/C12H9FN2O3/c1-18-12(17)10-2-6(5-16)8-3-7(13)4-9(14)11(8)15-10/h2-4,15H,14H2,1H3. The largest absolute Gasteiger partial charge is 0.464 e. The van der Waals surface area contributed by atoms with Gasteiger partial charge in [0.05, 0.1) is 24.1 Å². The summed E-state index contributed by atoms with van der Waals surface area (Å²) in [7, 11) is 1.21. The zero-order chi connectivity index (χ0) is 13.3. The lowest BCUT2D eigenvalue weighted by Crippen LogP contribution is -2.18. The number of ether oxygens (including phenoxy) is 1. The molecule has 0 atom stereocenters. The number of hydrogen-bond acceptors (Lipinski definition) is 5. The summed E-state index contributed by atoms with van der Waals surface area (Å²) in [6.07, 6.45) is 1.24. The molecule has 3 N–H and O–H groups in total. The van der Waals surface area contributed by atoms with Crippen molar-refractivity contribution in [2.24, 2.45) is 0 Å². The Hall–Kier alpha value is -2.59. The van der Waals surface area contributed by atoms with Crippen molar-refractivity contribution in [1.82, 2.24) is 0 Å². The fourth-order valence-corrected chi connectivity index (χ4v) is 1.68. The number of allylic oxidation sites excluding steroid dienone is 2. The summed E-state index contributed by atoms with van der Waals surface area (Å²) in [4.78, 5) is 22.3. The van der Waals surface area contributed by atoms with Crippen molar-refractivity contribution in [2.45, 2.75) is 0 Å². The Morgan fingerprint density at radius 1 is 1.50 bits per heavy atom. The Morgan fingerprint density at radius 2 is 2.22 bits per heavy atom. The highest BCUT2D eigenvalue weighted by atomic mass is 19.1. The molecule has 1 heterocycles. The van der Waals surface area contributed by atoms with Crippen LogP contribution in [0.25, 0.3) is 5.57 Å². The van der Waals surface area contributed by atoms with Gasteiger partial charge >= 0.3 is 5.97 Å². The first kappa shape index (κ1) is 11.9. The number of fused-ring (bicyclic) bond motifs is 1. The van der Waals surface area contributed by atoms with Crippen LogP contribution in [0.3, 0.4) is 0 Å². The molecular formula is C12H9FN2O3. The monoisotopic (exact) mass is 248 g/mol. The Labute approximate surface area is 102 Å². The van der Waals surface area contributed by atoms with Gasteiger partial charge in [-0.15, -0.1) is 0 Å². The minimum atomic E-state index is -0.655. The minimum Gasteiger partial charge on any atom is -0.464 e. The highest BCUT2D eigenvalue weighted by Gasteiger charge is 2.23. The van der Waals surface area contributed by atoms with Gasteiger partial charge in [0.15, 0.2) is 0 Å². The molecule has 1 aliphatic heterocycles. The number of nitrogens with one attached hydrogen (secondary N) is 1. The van der Waals surface area contributed by atoms with Gasteiger partial charge in [-0.2, -0.15) is 0 Å². The summed E-state index contributed by atoms with van der Waals surface area (Å²) in [5.41, 5.74) is 6.36. The summed E-state index contributed by atoms with van der Waals surface area (Å²) in [6, 6.07) is 2.23. The predicted molar refractivity (Wildman–Crippen MR) is 63.6 cm³/mol. The summed E-state index contributed by atoms with van der Waals surface area (Å²) >= 11 is 0. The smallest absolute Gasteiger partial charge is 0.354 e. The number of benzene rings is 1. The highest BCUT2D eigenvalue weighted by molar-refractivity contribution is 6.08. The Kier molecular flexibility index (Phi) is 2.87. The molecule has 0 saturated heterocycles. The summed E-state index contributed by atoms with van der Waals surface area (Å²) in [6.45, 7) is 0. The number of nitrogen functional groups attached to an aromatic ring is 1. The fraction of sp³-hybridized carbons (Fsp3) is 0.0833. The number of anilines is 2. The highest BCUT2D eigenvalue weighted by Crippen LogP contribution is 2.35. The zero-order valence-corrected chi connectivity index (χ0v) is 9.41. The first-order chi connectivity index (χ1) is 8.56.